The number of aromatic amines is 1. The Morgan fingerprint density at radius 3 is 2.80 bits per heavy atom. The molecule has 0 aliphatic heterocycles. The van der Waals surface area contributed by atoms with E-state index in [2.05, 4.69) is 20.0 Å². The highest BCUT2D eigenvalue weighted by molar-refractivity contribution is 7.89. The molecule has 2 rings (SSSR count). The highest BCUT2D eigenvalue weighted by atomic mass is 32.2. The van der Waals surface area contributed by atoms with Gasteiger partial charge in [0.2, 0.25) is 10.0 Å². The van der Waals surface area contributed by atoms with Crippen molar-refractivity contribution < 1.29 is 18.3 Å². The summed E-state index contributed by atoms with van der Waals surface area (Å²) in [5.41, 5.74) is 0.154. The number of aryl methyl sites for hydroxylation is 2. The number of carboxylic acids is 1. The minimum absolute atomic E-state index is 0.0349. The second-order valence-corrected chi connectivity index (χ2v) is 5.84. The van der Waals surface area contributed by atoms with Crippen LogP contribution in [0.2, 0.25) is 0 Å². The van der Waals surface area contributed by atoms with E-state index < -0.39 is 21.7 Å². The third kappa shape index (κ3) is 2.70. The maximum absolute atomic E-state index is 12.2. The van der Waals surface area contributed by atoms with Gasteiger partial charge in [-0.1, -0.05) is 0 Å². The third-order valence-electron chi connectivity index (χ3n) is 2.57. The van der Waals surface area contributed by atoms with Crippen LogP contribution >= 0.6 is 0 Å². The average molecular weight is 299 g/mol. The van der Waals surface area contributed by atoms with Gasteiger partial charge in [0, 0.05) is 13.2 Å². The van der Waals surface area contributed by atoms with Crippen molar-refractivity contribution in [1.29, 1.82) is 0 Å². The topological polar surface area (TPSA) is 130 Å². The number of carboxylic acid groups (broad SMARTS) is 1. The van der Waals surface area contributed by atoms with Crippen molar-refractivity contribution in [2.45, 2.75) is 18.4 Å². The van der Waals surface area contributed by atoms with Crippen molar-refractivity contribution in [3.05, 3.63) is 29.3 Å². The molecule has 0 atom stereocenters. The number of hydrogen-bond acceptors (Lipinski definition) is 5. The average Bonchev–Trinajstić information content (AvgIpc) is 2.93. The monoisotopic (exact) mass is 299 g/mol. The molecule has 0 spiro atoms. The van der Waals surface area contributed by atoms with Gasteiger partial charge in [-0.05, 0) is 13.0 Å². The molecule has 2 aromatic rings. The minimum Gasteiger partial charge on any atom is -0.476 e. The first-order valence-electron chi connectivity index (χ1n) is 5.57. The summed E-state index contributed by atoms with van der Waals surface area (Å²) in [6.07, 6.45) is 1.68. The first kappa shape index (κ1) is 14.2. The van der Waals surface area contributed by atoms with E-state index in [1.807, 2.05) is 0 Å². The van der Waals surface area contributed by atoms with Crippen molar-refractivity contribution >= 4 is 16.0 Å². The van der Waals surface area contributed by atoms with Crippen molar-refractivity contribution in [2.75, 3.05) is 0 Å². The van der Waals surface area contributed by atoms with E-state index in [9.17, 15) is 13.2 Å². The first-order valence-corrected chi connectivity index (χ1v) is 7.06. The second-order valence-electron chi connectivity index (χ2n) is 4.14. The fourth-order valence-corrected chi connectivity index (χ4v) is 3.01. The van der Waals surface area contributed by atoms with Gasteiger partial charge in [0.05, 0.1) is 17.9 Å². The molecule has 3 N–H and O–H groups in total. The molecule has 0 aliphatic carbocycles. The summed E-state index contributed by atoms with van der Waals surface area (Å²) < 4.78 is 28.1. The van der Waals surface area contributed by atoms with Gasteiger partial charge in [-0.3, -0.25) is 9.78 Å². The molecule has 10 heteroatoms. The molecule has 0 bridgehead atoms. The molecule has 20 heavy (non-hydrogen) atoms. The molecule has 0 aliphatic rings. The van der Waals surface area contributed by atoms with Gasteiger partial charge in [-0.25, -0.2) is 17.9 Å². The first-order chi connectivity index (χ1) is 9.31. The zero-order valence-electron chi connectivity index (χ0n) is 10.8. The Kier molecular flexibility index (Phi) is 3.59. The fraction of sp³-hybridized carbons (Fsp3) is 0.300. The molecular formula is C10H13N5O4S. The van der Waals surface area contributed by atoms with E-state index in [4.69, 9.17) is 5.11 Å². The van der Waals surface area contributed by atoms with Gasteiger partial charge in [0.1, 0.15) is 4.90 Å². The summed E-state index contributed by atoms with van der Waals surface area (Å²) in [7, 11) is -2.28. The molecule has 9 nitrogen and oxygen atoms in total. The van der Waals surface area contributed by atoms with Crippen LogP contribution in [0.25, 0.3) is 0 Å². The zero-order valence-corrected chi connectivity index (χ0v) is 11.6. The van der Waals surface area contributed by atoms with Crippen molar-refractivity contribution in [3.63, 3.8) is 0 Å². The molecule has 0 saturated heterocycles. The van der Waals surface area contributed by atoms with Crippen LogP contribution in [0.1, 0.15) is 21.9 Å². The maximum atomic E-state index is 12.2. The predicted molar refractivity (Wildman–Crippen MR) is 67.5 cm³/mol. The van der Waals surface area contributed by atoms with Crippen LogP contribution < -0.4 is 4.72 Å². The number of carbonyl (C=O) groups is 1. The summed E-state index contributed by atoms with van der Waals surface area (Å²) in [5, 5.41) is 18.8. The van der Waals surface area contributed by atoms with Gasteiger partial charge >= 0.3 is 5.97 Å². The summed E-state index contributed by atoms with van der Waals surface area (Å²) in [6, 6.07) is 1.66. The quantitative estimate of drug-likeness (QED) is 0.690. The lowest BCUT2D eigenvalue weighted by atomic mass is 10.4. The van der Waals surface area contributed by atoms with Crippen LogP contribution in [-0.2, 0) is 23.6 Å². The lowest BCUT2D eigenvalue weighted by molar-refractivity contribution is 0.0686. The lowest BCUT2D eigenvalue weighted by Gasteiger charge is -2.05. The Bertz CT molecular complexity index is 746. The molecule has 0 fully saturated rings. The van der Waals surface area contributed by atoms with Crippen LogP contribution in [0, 0.1) is 6.92 Å². The zero-order chi connectivity index (χ0) is 14.9. The highest BCUT2D eigenvalue weighted by Crippen LogP contribution is 2.17. The van der Waals surface area contributed by atoms with Gasteiger partial charge in [-0.15, -0.1) is 0 Å². The van der Waals surface area contributed by atoms with E-state index in [1.165, 1.54) is 11.6 Å². The summed E-state index contributed by atoms with van der Waals surface area (Å²) in [5.74, 6) is -1.41. The molecule has 0 saturated carbocycles. The van der Waals surface area contributed by atoms with Crippen LogP contribution in [0.4, 0.5) is 0 Å². The largest absolute Gasteiger partial charge is 0.476 e. The number of nitrogens with zero attached hydrogens (tertiary/aromatic N) is 3. The molecule has 2 aromatic heterocycles. The maximum Gasteiger partial charge on any atom is 0.357 e. The normalized spacial score (nSPS) is 11.7. The number of rotatable bonds is 5. The van der Waals surface area contributed by atoms with Gasteiger partial charge in [-0.2, -0.15) is 10.2 Å². The van der Waals surface area contributed by atoms with Crippen LogP contribution in [-0.4, -0.2) is 39.5 Å². The van der Waals surface area contributed by atoms with E-state index in [1.54, 1.807) is 19.3 Å². The van der Waals surface area contributed by atoms with E-state index in [-0.39, 0.29) is 17.1 Å². The number of nitrogens with one attached hydrogen (secondary N) is 2. The van der Waals surface area contributed by atoms with Crippen LogP contribution in [0.5, 0.6) is 0 Å². The molecule has 0 amide bonds. The Balaban J connectivity index is 2.27. The van der Waals surface area contributed by atoms with E-state index in [0.29, 0.717) is 5.69 Å². The van der Waals surface area contributed by atoms with Crippen LogP contribution in [0.3, 0.4) is 0 Å². The van der Waals surface area contributed by atoms with Gasteiger partial charge < -0.3 is 5.11 Å². The summed E-state index contributed by atoms with van der Waals surface area (Å²) in [6.45, 7) is 1.40. The highest BCUT2D eigenvalue weighted by Gasteiger charge is 2.28. The number of aromatic carboxylic acids is 1. The molecular weight excluding hydrogens is 286 g/mol. The Morgan fingerprint density at radius 1 is 1.55 bits per heavy atom. The Labute approximate surface area is 114 Å². The second kappa shape index (κ2) is 5.06. The van der Waals surface area contributed by atoms with Crippen molar-refractivity contribution in [1.82, 2.24) is 24.7 Å². The molecule has 2 heterocycles. The summed E-state index contributed by atoms with van der Waals surface area (Å²) in [4.78, 5) is 10.6. The van der Waals surface area contributed by atoms with Crippen molar-refractivity contribution in [3.8, 4) is 0 Å². The van der Waals surface area contributed by atoms with Crippen molar-refractivity contribution in [2.24, 2.45) is 7.05 Å². The van der Waals surface area contributed by atoms with Gasteiger partial charge in [0.25, 0.3) is 0 Å². The lowest BCUT2D eigenvalue weighted by Crippen LogP contribution is -2.25. The van der Waals surface area contributed by atoms with Crippen LogP contribution in [0.15, 0.2) is 17.2 Å². The minimum atomic E-state index is -3.99. The Hall–Kier alpha value is -2.20. The van der Waals surface area contributed by atoms with E-state index >= 15 is 0 Å². The number of sulfonamides is 1. The molecule has 0 aromatic carbocycles. The Morgan fingerprint density at radius 2 is 2.25 bits per heavy atom. The standard InChI is InChI=1S/C10H13N5O4S/c1-6-9(8(10(16)17)13-12-6)20(18,19)11-5-7-3-4-15(2)14-7/h3-4,11H,5H2,1-2H3,(H,12,13)(H,16,17). The summed E-state index contributed by atoms with van der Waals surface area (Å²) >= 11 is 0. The SMILES string of the molecule is Cc1[nH]nc(C(=O)O)c1S(=O)(=O)NCc1ccn(C)n1. The fourth-order valence-electron chi connectivity index (χ4n) is 1.69. The molecule has 108 valence electrons. The number of hydrogen-bond donors (Lipinski definition) is 3. The number of aromatic nitrogens is 4. The third-order valence-corrected chi connectivity index (χ3v) is 4.14. The van der Waals surface area contributed by atoms with Gasteiger partial charge in [0.15, 0.2) is 5.69 Å². The predicted octanol–water partition coefficient (Wildman–Crippen LogP) is -0.372. The smallest absolute Gasteiger partial charge is 0.357 e. The molecule has 0 unspecified atom stereocenters. The van der Waals surface area contributed by atoms with E-state index in [0.717, 1.165) is 0 Å². The molecule has 0 radical (unpaired) electrons. The number of H-pyrrole nitrogens is 1.